The summed E-state index contributed by atoms with van der Waals surface area (Å²) in [6.45, 7) is 0. The molecule has 1 aliphatic heterocycles. The van der Waals surface area contributed by atoms with E-state index < -0.39 is 11.7 Å². The lowest BCUT2D eigenvalue weighted by Crippen LogP contribution is -2.28. The lowest BCUT2D eigenvalue weighted by molar-refractivity contribution is -0.116. The number of hydrogen-bond donors (Lipinski definition) is 2. The van der Waals surface area contributed by atoms with Gasteiger partial charge in [0.2, 0.25) is 5.91 Å². The topological polar surface area (TPSA) is 58.2 Å². The average molecular weight is 342 g/mol. The Bertz CT molecular complexity index is 895. The SMILES string of the molecule is O=C1CCc2cc(C(=O)NC3CCc4c(F)cccc43)c(F)cc2N1. The Kier molecular flexibility index (Phi) is 3.75. The lowest BCUT2D eigenvalue weighted by Gasteiger charge is -2.19. The van der Waals surface area contributed by atoms with Gasteiger partial charge < -0.3 is 10.6 Å². The van der Waals surface area contributed by atoms with Gasteiger partial charge in [0, 0.05) is 12.1 Å². The summed E-state index contributed by atoms with van der Waals surface area (Å²) < 4.78 is 28.1. The van der Waals surface area contributed by atoms with Crippen LogP contribution in [0.5, 0.6) is 0 Å². The van der Waals surface area contributed by atoms with Gasteiger partial charge in [-0.1, -0.05) is 12.1 Å². The first-order valence-electron chi connectivity index (χ1n) is 8.23. The molecule has 128 valence electrons. The molecule has 0 spiro atoms. The normalized spacial score (nSPS) is 18.3. The van der Waals surface area contributed by atoms with Gasteiger partial charge in [-0.05, 0) is 54.2 Å². The summed E-state index contributed by atoms with van der Waals surface area (Å²) in [6, 6.07) is 7.15. The van der Waals surface area contributed by atoms with Crippen molar-refractivity contribution in [2.75, 3.05) is 5.32 Å². The van der Waals surface area contributed by atoms with Crippen molar-refractivity contribution in [3.05, 3.63) is 64.2 Å². The smallest absolute Gasteiger partial charge is 0.254 e. The number of benzene rings is 2. The van der Waals surface area contributed by atoms with Crippen LogP contribution >= 0.6 is 0 Å². The molecule has 1 heterocycles. The number of fused-ring (bicyclic) bond motifs is 2. The summed E-state index contributed by atoms with van der Waals surface area (Å²) in [7, 11) is 0. The molecule has 2 amide bonds. The molecule has 1 atom stereocenters. The van der Waals surface area contributed by atoms with Gasteiger partial charge in [0.1, 0.15) is 11.6 Å². The highest BCUT2D eigenvalue weighted by molar-refractivity contribution is 5.98. The monoisotopic (exact) mass is 342 g/mol. The standard InChI is InChI=1S/C19H16F2N2O2/c20-14-3-1-2-12-11(14)5-6-16(12)23-19(25)13-8-10-4-7-18(24)22-17(10)9-15(13)21/h1-3,8-9,16H,4-7H2,(H,22,24)(H,23,25). The molecule has 0 radical (unpaired) electrons. The molecule has 1 unspecified atom stereocenters. The van der Waals surface area contributed by atoms with Crippen LogP contribution in [0, 0.1) is 11.6 Å². The molecular formula is C19H16F2N2O2. The van der Waals surface area contributed by atoms with Gasteiger partial charge >= 0.3 is 0 Å². The summed E-state index contributed by atoms with van der Waals surface area (Å²) in [4.78, 5) is 23.9. The van der Waals surface area contributed by atoms with Crippen molar-refractivity contribution in [3.8, 4) is 0 Å². The van der Waals surface area contributed by atoms with Crippen LogP contribution in [-0.2, 0) is 17.6 Å². The number of halogens is 2. The van der Waals surface area contributed by atoms with E-state index >= 15 is 0 Å². The summed E-state index contributed by atoms with van der Waals surface area (Å²) in [5.41, 5.74) is 2.46. The number of aryl methyl sites for hydroxylation is 1. The zero-order chi connectivity index (χ0) is 17.6. The van der Waals surface area contributed by atoms with E-state index in [9.17, 15) is 18.4 Å². The van der Waals surface area contributed by atoms with Gasteiger partial charge in [0.15, 0.2) is 0 Å². The van der Waals surface area contributed by atoms with Crippen LogP contribution < -0.4 is 10.6 Å². The minimum atomic E-state index is -0.684. The summed E-state index contributed by atoms with van der Waals surface area (Å²) >= 11 is 0. The molecule has 2 N–H and O–H groups in total. The van der Waals surface area contributed by atoms with E-state index in [1.807, 2.05) is 0 Å². The first-order chi connectivity index (χ1) is 12.0. The molecule has 0 saturated heterocycles. The van der Waals surface area contributed by atoms with E-state index in [1.54, 1.807) is 12.1 Å². The molecule has 4 nitrogen and oxygen atoms in total. The van der Waals surface area contributed by atoms with Crippen molar-refractivity contribution < 1.29 is 18.4 Å². The summed E-state index contributed by atoms with van der Waals surface area (Å²) in [5, 5.41) is 5.41. The van der Waals surface area contributed by atoms with Crippen LogP contribution in [0.3, 0.4) is 0 Å². The van der Waals surface area contributed by atoms with E-state index in [0.29, 0.717) is 36.9 Å². The zero-order valence-corrected chi connectivity index (χ0v) is 13.4. The highest BCUT2D eigenvalue weighted by atomic mass is 19.1. The second-order valence-corrected chi connectivity index (χ2v) is 6.41. The Hall–Kier alpha value is -2.76. The average Bonchev–Trinajstić information content (AvgIpc) is 2.98. The molecule has 2 aliphatic rings. The molecular weight excluding hydrogens is 326 g/mol. The van der Waals surface area contributed by atoms with Gasteiger partial charge in [-0.2, -0.15) is 0 Å². The Morgan fingerprint density at radius 1 is 1.12 bits per heavy atom. The molecule has 0 fully saturated rings. The highest BCUT2D eigenvalue weighted by Gasteiger charge is 2.28. The van der Waals surface area contributed by atoms with Gasteiger partial charge in [-0.15, -0.1) is 0 Å². The Labute approximate surface area is 143 Å². The maximum atomic E-state index is 14.3. The quantitative estimate of drug-likeness (QED) is 0.880. The molecule has 0 bridgehead atoms. The third kappa shape index (κ3) is 2.77. The maximum absolute atomic E-state index is 14.3. The van der Waals surface area contributed by atoms with Crippen LogP contribution in [0.15, 0.2) is 30.3 Å². The fraction of sp³-hybridized carbons (Fsp3) is 0.263. The first-order valence-corrected chi connectivity index (χ1v) is 8.23. The largest absolute Gasteiger partial charge is 0.345 e. The van der Waals surface area contributed by atoms with Crippen molar-refractivity contribution >= 4 is 17.5 Å². The maximum Gasteiger partial charge on any atom is 0.254 e. The van der Waals surface area contributed by atoms with Gasteiger partial charge in [0.05, 0.1) is 11.6 Å². The van der Waals surface area contributed by atoms with Crippen LogP contribution in [0.4, 0.5) is 14.5 Å². The molecule has 6 heteroatoms. The van der Waals surface area contributed by atoms with Gasteiger partial charge in [-0.3, -0.25) is 9.59 Å². The third-order valence-electron chi connectivity index (χ3n) is 4.85. The molecule has 2 aromatic rings. The molecule has 1 aliphatic carbocycles. The fourth-order valence-corrected chi connectivity index (χ4v) is 3.57. The van der Waals surface area contributed by atoms with Crippen molar-refractivity contribution in [3.63, 3.8) is 0 Å². The van der Waals surface area contributed by atoms with Gasteiger partial charge in [0.25, 0.3) is 5.91 Å². The van der Waals surface area contributed by atoms with Crippen LogP contribution in [0.1, 0.15) is 45.9 Å². The zero-order valence-electron chi connectivity index (χ0n) is 13.4. The van der Waals surface area contributed by atoms with Crippen molar-refractivity contribution in [1.82, 2.24) is 5.32 Å². The molecule has 0 aromatic heterocycles. The number of hydrogen-bond acceptors (Lipinski definition) is 2. The van der Waals surface area contributed by atoms with Gasteiger partial charge in [-0.25, -0.2) is 8.78 Å². The number of anilines is 1. The number of amides is 2. The van der Waals surface area contributed by atoms with Crippen molar-refractivity contribution in [2.45, 2.75) is 31.7 Å². The highest BCUT2D eigenvalue weighted by Crippen LogP contribution is 2.33. The van der Waals surface area contributed by atoms with Crippen LogP contribution in [0.25, 0.3) is 0 Å². The molecule has 4 rings (SSSR count). The first kappa shape index (κ1) is 15.7. The second-order valence-electron chi connectivity index (χ2n) is 6.41. The number of carbonyl (C=O) groups is 2. The number of carbonyl (C=O) groups excluding carboxylic acids is 2. The van der Waals surface area contributed by atoms with E-state index in [4.69, 9.17) is 0 Å². The van der Waals surface area contributed by atoms with E-state index in [0.717, 1.165) is 11.1 Å². The van der Waals surface area contributed by atoms with Crippen LogP contribution in [-0.4, -0.2) is 11.8 Å². The van der Waals surface area contributed by atoms with Crippen molar-refractivity contribution in [1.29, 1.82) is 0 Å². The van der Waals surface area contributed by atoms with Crippen molar-refractivity contribution in [2.24, 2.45) is 0 Å². The van der Waals surface area contributed by atoms with E-state index in [1.165, 1.54) is 18.2 Å². The molecule has 25 heavy (non-hydrogen) atoms. The predicted octanol–water partition coefficient (Wildman–Crippen LogP) is 3.27. The minimum Gasteiger partial charge on any atom is -0.345 e. The fourth-order valence-electron chi connectivity index (χ4n) is 3.57. The Morgan fingerprint density at radius 2 is 1.96 bits per heavy atom. The summed E-state index contributed by atoms with van der Waals surface area (Å²) in [6.07, 6.45) is 1.92. The Morgan fingerprint density at radius 3 is 2.80 bits per heavy atom. The predicted molar refractivity (Wildman–Crippen MR) is 88.3 cm³/mol. The lowest BCUT2D eigenvalue weighted by atomic mass is 9.99. The van der Waals surface area contributed by atoms with E-state index in [-0.39, 0.29) is 23.3 Å². The number of rotatable bonds is 2. The number of nitrogens with one attached hydrogen (secondary N) is 2. The van der Waals surface area contributed by atoms with E-state index in [2.05, 4.69) is 10.6 Å². The Balaban J connectivity index is 1.59. The second kappa shape index (κ2) is 5.95. The molecule has 0 saturated carbocycles. The minimum absolute atomic E-state index is 0.0558. The molecule has 2 aromatic carbocycles. The third-order valence-corrected chi connectivity index (χ3v) is 4.85. The summed E-state index contributed by atoms with van der Waals surface area (Å²) in [5.74, 6) is -1.64. The van der Waals surface area contributed by atoms with Crippen LogP contribution in [0.2, 0.25) is 0 Å².